The van der Waals surface area contributed by atoms with Crippen molar-refractivity contribution in [2.45, 2.75) is 26.2 Å². The Bertz CT molecular complexity index is 483. The number of aliphatic imine (C=N–C) groups is 1. The zero-order valence-electron chi connectivity index (χ0n) is 10.4. The lowest BCUT2D eigenvalue weighted by atomic mass is 9.96. The first-order valence-corrected chi connectivity index (χ1v) is 7.27. The summed E-state index contributed by atoms with van der Waals surface area (Å²) in [6.45, 7) is 2.18. The van der Waals surface area contributed by atoms with Crippen LogP contribution in [0.25, 0.3) is 0 Å². The number of phenols is 1. The Kier molecular flexibility index (Phi) is 4.63. The van der Waals surface area contributed by atoms with E-state index in [0.717, 1.165) is 34.4 Å². The van der Waals surface area contributed by atoms with E-state index in [4.69, 9.17) is 0 Å². The third-order valence-electron chi connectivity index (χ3n) is 2.99. The van der Waals surface area contributed by atoms with Crippen LogP contribution < -0.4 is 5.32 Å². The molecule has 0 saturated carbocycles. The van der Waals surface area contributed by atoms with Crippen LogP contribution >= 0.6 is 22.6 Å². The van der Waals surface area contributed by atoms with Gasteiger partial charge in [-0.15, -0.1) is 0 Å². The van der Waals surface area contributed by atoms with Crippen LogP contribution in [0, 0.1) is 9.49 Å². The van der Waals surface area contributed by atoms with Gasteiger partial charge in [0.05, 0.1) is 5.69 Å². The second-order valence-corrected chi connectivity index (χ2v) is 5.65. The molecule has 1 aliphatic heterocycles. The molecule has 0 aromatic heterocycles. The number of anilines is 1. The van der Waals surface area contributed by atoms with Gasteiger partial charge in [-0.3, -0.25) is 0 Å². The molecule has 0 radical (unpaired) electrons. The van der Waals surface area contributed by atoms with Gasteiger partial charge in [-0.1, -0.05) is 19.4 Å². The van der Waals surface area contributed by atoms with E-state index in [1.807, 2.05) is 18.3 Å². The van der Waals surface area contributed by atoms with Crippen LogP contribution in [0.15, 0.2) is 35.5 Å². The first kappa shape index (κ1) is 13.4. The fraction of sp³-hybridized carbons (Fsp3) is 0.357. The lowest BCUT2D eigenvalue weighted by molar-refractivity contribution is 0.477. The smallest absolute Gasteiger partial charge is 0.140 e. The van der Waals surface area contributed by atoms with Crippen molar-refractivity contribution in [3.05, 3.63) is 34.0 Å². The summed E-state index contributed by atoms with van der Waals surface area (Å²) in [6.07, 6.45) is 7.20. The van der Waals surface area contributed by atoms with Gasteiger partial charge in [-0.2, -0.15) is 0 Å². The van der Waals surface area contributed by atoms with E-state index in [0.29, 0.717) is 5.92 Å². The fourth-order valence-corrected chi connectivity index (χ4v) is 2.54. The molecule has 0 spiro atoms. The normalized spacial score (nSPS) is 18.6. The van der Waals surface area contributed by atoms with Crippen molar-refractivity contribution < 1.29 is 5.11 Å². The van der Waals surface area contributed by atoms with E-state index in [-0.39, 0.29) is 5.75 Å². The van der Waals surface area contributed by atoms with Crippen molar-refractivity contribution in [3.8, 4) is 5.75 Å². The van der Waals surface area contributed by atoms with Crippen LogP contribution in [0.4, 0.5) is 5.69 Å². The highest BCUT2D eigenvalue weighted by molar-refractivity contribution is 14.1. The number of hydrogen-bond donors (Lipinski definition) is 2. The van der Waals surface area contributed by atoms with Crippen LogP contribution in [0.3, 0.4) is 0 Å². The number of rotatable bonds is 3. The SMILES string of the molecule is CCCC1CC=CN=C1Nc1ccc(I)cc1O. The maximum absolute atomic E-state index is 9.90. The minimum atomic E-state index is 0.273. The van der Waals surface area contributed by atoms with Gasteiger partial charge in [0, 0.05) is 15.7 Å². The van der Waals surface area contributed by atoms with Crippen molar-refractivity contribution >= 4 is 34.1 Å². The summed E-state index contributed by atoms with van der Waals surface area (Å²) in [5.74, 6) is 1.66. The molecule has 96 valence electrons. The van der Waals surface area contributed by atoms with Gasteiger partial charge in [-0.25, -0.2) is 4.99 Å². The number of allylic oxidation sites excluding steroid dienone is 1. The zero-order valence-corrected chi connectivity index (χ0v) is 12.5. The van der Waals surface area contributed by atoms with E-state index in [1.165, 1.54) is 0 Å². The number of hydrogen-bond acceptors (Lipinski definition) is 3. The summed E-state index contributed by atoms with van der Waals surface area (Å²) in [5.41, 5.74) is 0.727. The van der Waals surface area contributed by atoms with Gasteiger partial charge in [0.1, 0.15) is 11.6 Å². The van der Waals surface area contributed by atoms with Crippen LogP contribution in [0.1, 0.15) is 26.2 Å². The molecule has 0 amide bonds. The Labute approximate surface area is 121 Å². The maximum Gasteiger partial charge on any atom is 0.140 e. The lowest BCUT2D eigenvalue weighted by Gasteiger charge is -2.21. The topological polar surface area (TPSA) is 44.6 Å². The molecular weight excluding hydrogens is 339 g/mol. The van der Waals surface area contributed by atoms with Crippen molar-refractivity contribution in [1.82, 2.24) is 0 Å². The molecule has 0 bridgehead atoms. The Balaban J connectivity index is 2.16. The van der Waals surface area contributed by atoms with Gasteiger partial charge < -0.3 is 10.4 Å². The van der Waals surface area contributed by atoms with E-state index in [9.17, 15) is 5.11 Å². The second-order valence-electron chi connectivity index (χ2n) is 4.41. The van der Waals surface area contributed by atoms with Gasteiger partial charge >= 0.3 is 0 Å². The number of nitrogens with one attached hydrogen (secondary N) is 1. The van der Waals surface area contributed by atoms with Crippen LogP contribution in [0.2, 0.25) is 0 Å². The summed E-state index contributed by atoms with van der Waals surface area (Å²) in [7, 11) is 0. The van der Waals surface area contributed by atoms with E-state index >= 15 is 0 Å². The molecule has 2 rings (SSSR count). The van der Waals surface area contributed by atoms with Crippen LogP contribution in [-0.4, -0.2) is 10.9 Å². The molecule has 1 heterocycles. The molecule has 0 aliphatic carbocycles. The van der Waals surface area contributed by atoms with Crippen molar-refractivity contribution in [2.24, 2.45) is 10.9 Å². The fourth-order valence-electron chi connectivity index (χ4n) is 2.06. The summed E-state index contributed by atoms with van der Waals surface area (Å²) in [5, 5.41) is 13.2. The second kappa shape index (κ2) is 6.22. The summed E-state index contributed by atoms with van der Waals surface area (Å²) in [6, 6.07) is 5.61. The number of nitrogens with zero attached hydrogens (tertiary/aromatic N) is 1. The molecule has 1 atom stereocenters. The largest absolute Gasteiger partial charge is 0.506 e. The summed E-state index contributed by atoms with van der Waals surface area (Å²) in [4.78, 5) is 4.40. The first-order chi connectivity index (χ1) is 8.70. The number of aromatic hydroxyl groups is 1. The molecule has 3 nitrogen and oxygen atoms in total. The van der Waals surface area contributed by atoms with E-state index in [1.54, 1.807) is 6.07 Å². The molecule has 1 aliphatic rings. The minimum Gasteiger partial charge on any atom is -0.506 e. The summed E-state index contributed by atoms with van der Waals surface area (Å²) < 4.78 is 1.02. The van der Waals surface area contributed by atoms with Gasteiger partial charge in [0.25, 0.3) is 0 Å². The molecule has 1 aromatic carbocycles. The Morgan fingerprint density at radius 2 is 2.33 bits per heavy atom. The Morgan fingerprint density at radius 3 is 3.06 bits per heavy atom. The van der Waals surface area contributed by atoms with Crippen LogP contribution in [-0.2, 0) is 0 Å². The highest BCUT2D eigenvalue weighted by Crippen LogP contribution is 2.27. The lowest BCUT2D eigenvalue weighted by Crippen LogP contribution is -2.24. The van der Waals surface area contributed by atoms with Crippen molar-refractivity contribution in [3.63, 3.8) is 0 Å². The third kappa shape index (κ3) is 3.25. The Hall–Kier alpha value is -1.04. The standard InChI is InChI=1S/C14H17IN2O/c1-2-4-10-5-3-8-16-14(10)17-12-7-6-11(15)9-13(12)18/h3,6-10,18H,2,4-5H2,1H3,(H,16,17). The first-order valence-electron chi connectivity index (χ1n) is 6.19. The molecule has 4 heteroatoms. The molecule has 2 N–H and O–H groups in total. The molecule has 0 fully saturated rings. The highest BCUT2D eigenvalue weighted by atomic mass is 127. The quantitative estimate of drug-likeness (QED) is 0.632. The average Bonchev–Trinajstić information content (AvgIpc) is 2.35. The average molecular weight is 356 g/mol. The number of benzene rings is 1. The summed E-state index contributed by atoms with van der Waals surface area (Å²) >= 11 is 2.18. The number of phenolic OH excluding ortho intramolecular Hbond substituents is 1. The van der Waals surface area contributed by atoms with Gasteiger partial charge in [0.2, 0.25) is 0 Å². The highest BCUT2D eigenvalue weighted by Gasteiger charge is 2.17. The molecule has 1 aromatic rings. The monoisotopic (exact) mass is 356 g/mol. The predicted molar refractivity (Wildman–Crippen MR) is 84.0 cm³/mol. The zero-order chi connectivity index (χ0) is 13.0. The molecule has 1 unspecified atom stereocenters. The molecular formula is C14H17IN2O. The number of halogens is 1. The van der Waals surface area contributed by atoms with Gasteiger partial charge in [0.15, 0.2) is 0 Å². The Morgan fingerprint density at radius 1 is 1.50 bits per heavy atom. The van der Waals surface area contributed by atoms with Crippen LogP contribution in [0.5, 0.6) is 5.75 Å². The van der Waals surface area contributed by atoms with Crippen molar-refractivity contribution in [2.75, 3.05) is 5.32 Å². The minimum absolute atomic E-state index is 0.273. The predicted octanol–water partition coefficient (Wildman–Crippen LogP) is 4.14. The van der Waals surface area contributed by atoms with E-state index < -0.39 is 0 Å². The third-order valence-corrected chi connectivity index (χ3v) is 3.66. The molecule has 0 saturated heterocycles. The van der Waals surface area contributed by atoms with Gasteiger partial charge in [-0.05, 0) is 53.6 Å². The molecule has 18 heavy (non-hydrogen) atoms. The maximum atomic E-state index is 9.90. The van der Waals surface area contributed by atoms with Crippen molar-refractivity contribution in [1.29, 1.82) is 0 Å². The van der Waals surface area contributed by atoms with E-state index in [2.05, 4.69) is 45.9 Å². The number of amidine groups is 1.